The zero-order chi connectivity index (χ0) is 15.8. The van der Waals surface area contributed by atoms with Gasteiger partial charge in [0.2, 0.25) is 0 Å². The number of unbranched alkanes of at least 4 members (excludes halogenated alkanes) is 3. The minimum Gasteiger partial charge on any atom is -0.435 e. The summed E-state index contributed by atoms with van der Waals surface area (Å²) >= 11 is 0. The fourth-order valence-electron chi connectivity index (χ4n) is 2.41. The topological polar surface area (TPSA) is 41.7 Å². The fraction of sp³-hybridized carbons (Fsp3) is 0.500. The third-order valence-electron chi connectivity index (χ3n) is 3.58. The Labute approximate surface area is 130 Å². The number of nitrogens with two attached hydrogens (primary N) is 1. The van der Waals surface area contributed by atoms with Crippen molar-refractivity contribution in [3.8, 4) is 5.75 Å². The van der Waals surface area contributed by atoms with Gasteiger partial charge in [0.15, 0.2) is 0 Å². The van der Waals surface area contributed by atoms with Gasteiger partial charge in [-0.2, -0.15) is 8.78 Å². The van der Waals surface area contributed by atoms with Crippen LogP contribution in [0.2, 0.25) is 0 Å². The van der Waals surface area contributed by atoms with E-state index in [1.54, 1.807) is 24.3 Å². The number of benzene rings is 1. The van der Waals surface area contributed by atoms with E-state index in [4.69, 9.17) is 5.73 Å². The molecule has 0 fully saturated rings. The molecule has 0 saturated heterocycles. The van der Waals surface area contributed by atoms with Gasteiger partial charge in [-0.15, -0.1) is 0 Å². The maximum Gasteiger partial charge on any atom is 0.387 e. The molecular weight excluding hydrogens is 288 g/mol. The summed E-state index contributed by atoms with van der Waals surface area (Å²) in [6, 6.07) is 6.69. The van der Waals surface area contributed by atoms with Crippen LogP contribution in [-0.4, -0.2) is 31.3 Å². The molecule has 0 aliphatic carbocycles. The average molecular weight is 311 g/mol. The van der Waals surface area contributed by atoms with E-state index in [-0.39, 0.29) is 5.75 Å². The summed E-state index contributed by atoms with van der Waals surface area (Å²) in [7, 11) is 0. The molecule has 0 amide bonds. The molecule has 1 heterocycles. The molecule has 1 aromatic rings. The summed E-state index contributed by atoms with van der Waals surface area (Å²) in [6.07, 6.45) is 8.69. The molecule has 1 aliphatic heterocycles. The minimum absolute atomic E-state index is 0.179. The van der Waals surface area contributed by atoms with Crippen molar-refractivity contribution >= 4 is 5.69 Å². The zero-order valence-corrected chi connectivity index (χ0v) is 12.6. The first-order valence-electron chi connectivity index (χ1n) is 7.63. The smallest absolute Gasteiger partial charge is 0.387 e. The number of anilines is 1. The van der Waals surface area contributed by atoms with Gasteiger partial charge < -0.3 is 20.3 Å². The van der Waals surface area contributed by atoms with E-state index < -0.39 is 6.61 Å². The van der Waals surface area contributed by atoms with Crippen LogP contribution in [0, 0.1) is 0 Å². The molecule has 1 aliphatic rings. The van der Waals surface area contributed by atoms with Crippen molar-refractivity contribution in [1.82, 2.24) is 4.90 Å². The second-order valence-corrected chi connectivity index (χ2v) is 5.30. The monoisotopic (exact) mass is 311 g/mol. The number of rotatable bonds is 9. The molecule has 4 nitrogen and oxygen atoms in total. The van der Waals surface area contributed by atoms with Crippen LogP contribution in [0.4, 0.5) is 14.5 Å². The molecule has 0 radical (unpaired) electrons. The van der Waals surface area contributed by atoms with Crippen molar-refractivity contribution in [2.24, 2.45) is 5.73 Å². The van der Waals surface area contributed by atoms with E-state index in [1.165, 1.54) is 12.8 Å². The highest BCUT2D eigenvalue weighted by molar-refractivity contribution is 5.52. The van der Waals surface area contributed by atoms with Gasteiger partial charge in [0.05, 0.1) is 6.67 Å². The van der Waals surface area contributed by atoms with Gasteiger partial charge in [0.1, 0.15) is 5.75 Å². The van der Waals surface area contributed by atoms with Crippen LogP contribution in [0.25, 0.3) is 0 Å². The quantitative estimate of drug-likeness (QED) is 0.710. The van der Waals surface area contributed by atoms with Crippen LogP contribution in [0.3, 0.4) is 0 Å². The van der Waals surface area contributed by atoms with Gasteiger partial charge in [0.25, 0.3) is 0 Å². The van der Waals surface area contributed by atoms with Gasteiger partial charge in [-0.1, -0.05) is 12.8 Å². The summed E-state index contributed by atoms with van der Waals surface area (Å²) < 4.78 is 28.6. The largest absolute Gasteiger partial charge is 0.435 e. The van der Waals surface area contributed by atoms with E-state index in [1.807, 2.05) is 6.20 Å². The summed E-state index contributed by atoms with van der Waals surface area (Å²) in [5.74, 6) is 0.179. The molecule has 6 heteroatoms. The number of halogens is 2. The molecule has 122 valence electrons. The van der Waals surface area contributed by atoms with E-state index in [0.717, 1.165) is 38.3 Å². The highest BCUT2D eigenvalue weighted by Crippen LogP contribution is 2.23. The maximum absolute atomic E-state index is 12.1. The lowest BCUT2D eigenvalue weighted by Crippen LogP contribution is -2.25. The van der Waals surface area contributed by atoms with Crippen LogP contribution in [0.1, 0.15) is 25.7 Å². The van der Waals surface area contributed by atoms with E-state index in [9.17, 15) is 8.78 Å². The molecule has 0 spiro atoms. The Kier molecular flexibility index (Phi) is 6.45. The molecule has 0 saturated carbocycles. The first-order chi connectivity index (χ1) is 10.7. The third kappa shape index (κ3) is 5.18. The summed E-state index contributed by atoms with van der Waals surface area (Å²) in [5.41, 5.74) is 6.44. The number of ether oxygens (including phenoxy) is 1. The Morgan fingerprint density at radius 3 is 2.45 bits per heavy atom. The standard InChI is InChI=1S/C16H23F2N3O/c17-16(18)22-15-7-5-14(6-8-15)21-12-11-20(13-21)10-4-2-1-3-9-19/h5-8,11-12,16H,1-4,9-10,13,19H2. The Morgan fingerprint density at radius 1 is 1.05 bits per heavy atom. The molecule has 22 heavy (non-hydrogen) atoms. The summed E-state index contributed by atoms with van der Waals surface area (Å²) in [4.78, 5) is 4.32. The second kappa shape index (κ2) is 8.58. The van der Waals surface area contributed by atoms with Gasteiger partial charge in [-0.05, 0) is 43.7 Å². The van der Waals surface area contributed by atoms with Gasteiger partial charge in [-0.3, -0.25) is 0 Å². The minimum atomic E-state index is -2.78. The fourth-order valence-corrected chi connectivity index (χ4v) is 2.41. The van der Waals surface area contributed by atoms with Gasteiger partial charge in [-0.25, -0.2) is 0 Å². The van der Waals surface area contributed by atoms with Crippen molar-refractivity contribution in [3.63, 3.8) is 0 Å². The Balaban J connectivity index is 1.74. The highest BCUT2D eigenvalue weighted by atomic mass is 19.3. The van der Waals surface area contributed by atoms with Crippen LogP contribution in [-0.2, 0) is 0 Å². The van der Waals surface area contributed by atoms with Crippen LogP contribution < -0.4 is 15.4 Å². The molecule has 0 bridgehead atoms. The van der Waals surface area contributed by atoms with Crippen molar-refractivity contribution in [3.05, 3.63) is 36.7 Å². The average Bonchev–Trinajstić information content (AvgIpc) is 2.96. The lowest BCUT2D eigenvalue weighted by molar-refractivity contribution is -0.0498. The number of hydrogen-bond donors (Lipinski definition) is 1. The summed E-state index contributed by atoms with van der Waals surface area (Å²) in [5, 5.41) is 0. The van der Waals surface area contributed by atoms with Crippen molar-refractivity contribution in [2.45, 2.75) is 32.3 Å². The lowest BCUT2D eigenvalue weighted by atomic mass is 10.2. The Bertz CT molecular complexity index is 465. The van der Waals surface area contributed by atoms with Gasteiger partial charge in [0, 0.05) is 24.6 Å². The van der Waals surface area contributed by atoms with Crippen molar-refractivity contribution in [2.75, 3.05) is 24.7 Å². The molecule has 0 aromatic heterocycles. The number of alkyl halides is 2. The Morgan fingerprint density at radius 2 is 1.77 bits per heavy atom. The van der Waals surface area contributed by atoms with Crippen LogP contribution >= 0.6 is 0 Å². The SMILES string of the molecule is NCCCCCCN1C=CN(c2ccc(OC(F)F)cc2)C1. The zero-order valence-electron chi connectivity index (χ0n) is 12.6. The first kappa shape index (κ1) is 16.5. The molecule has 0 unspecified atom stereocenters. The molecular formula is C16H23F2N3O. The van der Waals surface area contributed by atoms with E-state index >= 15 is 0 Å². The Hall–Kier alpha value is -1.82. The van der Waals surface area contributed by atoms with Crippen LogP contribution in [0.15, 0.2) is 36.7 Å². The van der Waals surface area contributed by atoms with E-state index in [0.29, 0.717) is 0 Å². The predicted molar refractivity (Wildman–Crippen MR) is 83.8 cm³/mol. The maximum atomic E-state index is 12.1. The molecule has 1 aromatic carbocycles. The second-order valence-electron chi connectivity index (χ2n) is 5.30. The first-order valence-corrected chi connectivity index (χ1v) is 7.63. The molecule has 0 atom stereocenters. The van der Waals surface area contributed by atoms with Crippen molar-refractivity contribution in [1.29, 1.82) is 0 Å². The van der Waals surface area contributed by atoms with E-state index in [2.05, 4.69) is 20.7 Å². The third-order valence-corrected chi connectivity index (χ3v) is 3.58. The number of hydrogen-bond acceptors (Lipinski definition) is 4. The lowest BCUT2D eigenvalue weighted by Gasteiger charge is -2.21. The predicted octanol–water partition coefficient (Wildman–Crippen LogP) is 3.36. The van der Waals surface area contributed by atoms with Crippen molar-refractivity contribution < 1.29 is 13.5 Å². The number of nitrogens with zero attached hydrogens (tertiary/aromatic N) is 2. The molecule has 2 N–H and O–H groups in total. The highest BCUT2D eigenvalue weighted by Gasteiger charge is 2.13. The van der Waals surface area contributed by atoms with Crippen LogP contribution in [0.5, 0.6) is 5.75 Å². The molecule has 2 rings (SSSR count). The summed E-state index contributed by atoms with van der Waals surface area (Å²) in [6.45, 7) is -0.217. The van der Waals surface area contributed by atoms with Gasteiger partial charge >= 0.3 is 6.61 Å². The normalized spacial score (nSPS) is 14.2.